The summed E-state index contributed by atoms with van der Waals surface area (Å²) in [5.74, 6) is -3.56. The third kappa shape index (κ3) is 8.97. The number of carboxylic acids is 1. The lowest BCUT2D eigenvalue weighted by Gasteiger charge is -2.31. The molecule has 0 saturated carbocycles. The summed E-state index contributed by atoms with van der Waals surface area (Å²) in [6, 6.07) is 3.54. The summed E-state index contributed by atoms with van der Waals surface area (Å²) in [6.07, 6.45) is 4.57. The van der Waals surface area contributed by atoms with Crippen molar-refractivity contribution in [2.45, 2.75) is 95.4 Å². The van der Waals surface area contributed by atoms with Gasteiger partial charge in [-0.1, -0.05) is 32.0 Å². The van der Waals surface area contributed by atoms with Crippen LogP contribution in [0.25, 0.3) is 10.9 Å². The Bertz CT molecular complexity index is 1360. The maximum Gasteiger partial charge on any atom is 0.305 e. The van der Waals surface area contributed by atoms with E-state index >= 15 is 0 Å². The number of carbonyl (C=O) groups is 5. The van der Waals surface area contributed by atoms with Gasteiger partial charge in [-0.2, -0.15) is 0 Å². The number of H-pyrrole nitrogens is 1. The highest BCUT2D eigenvalue weighted by Gasteiger charge is 2.40. The van der Waals surface area contributed by atoms with Crippen molar-refractivity contribution in [1.82, 2.24) is 31.4 Å². The largest absolute Gasteiger partial charge is 0.481 e. The second-order valence-electron chi connectivity index (χ2n) is 12.6. The summed E-state index contributed by atoms with van der Waals surface area (Å²) in [5.41, 5.74) is 13.6. The molecular formula is C32H47N7O6. The van der Waals surface area contributed by atoms with Crippen LogP contribution < -0.4 is 27.2 Å². The normalized spacial score (nSPS) is 25.7. The summed E-state index contributed by atoms with van der Waals surface area (Å²) >= 11 is 0. The van der Waals surface area contributed by atoms with Gasteiger partial charge < -0.3 is 31.4 Å². The fraction of sp³-hybridized carbons (Fsp3) is 0.594. The highest BCUT2D eigenvalue weighted by atomic mass is 16.4. The molecule has 13 nitrogen and oxygen atoms in total. The van der Waals surface area contributed by atoms with Crippen molar-refractivity contribution < 1.29 is 29.1 Å². The maximum atomic E-state index is 14.0. The Morgan fingerprint density at radius 3 is 2.53 bits per heavy atom. The summed E-state index contributed by atoms with van der Waals surface area (Å²) in [6.45, 7) is 5.13. The number of aromatic amines is 1. The zero-order chi connectivity index (χ0) is 32.5. The van der Waals surface area contributed by atoms with E-state index in [-0.39, 0.29) is 24.8 Å². The van der Waals surface area contributed by atoms with Crippen molar-refractivity contribution in [3.8, 4) is 0 Å². The van der Waals surface area contributed by atoms with Crippen molar-refractivity contribution in [2.24, 2.45) is 11.7 Å². The van der Waals surface area contributed by atoms with E-state index in [0.717, 1.165) is 16.5 Å². The minimum atomic E-state index is -1.38. The van der Waals surface area contributed by atoms with Crippen LogP contribution in [-0.2, 0) is 30.4 Å². The number of benzene rings is 1. The van der Waals surface area contributed by atoms with E-state index in [4.69, 9.17) is 5.73 Å². The molecule has 2 aliphatic rings. The maximum absolute atomic E-state index is 14.0. The topological polar surface area (TPSA) is 199 Å². The fourth-order valence-electron chi connectivity index (χ4n) is 6.25. The molecule has 0 spiro atoms. The molecular weight excluding hydrogens is 578 g/mol. The van der Waals surface area contributed by atoms with Crippen molar-refractivity contribution >= 4 is 40.3 Å². The molecule has 2 aliphatic heterocycles. The number of fused-ring (bicyclic) bond motifs is 2. The van der Waals surface area contributed by atoms with Gasteiger partial charge in [-0.05, 0) is 69.0 Å². The highest BCUT2D eigenvalue weighted by molar-refractivity contribution is 6.41. The Labute approximate surface area is 263 Å². The third-order valence-electron chi connectivity index (χ3n) is 8.58. The fourth-order valence-corrected chi connectivity index (χ4v) is 6.25. The molecule has 1 aromatic heterocycles. The Morgan fingerprint density at radius 2 is 1.80 bits per heavy atom. The lowest BCUT2D eigenvalue weighted by Crippen LogP contribution is -2.57. The average Bonchev–Trinajstić information content (AvgIpc) is 3.66. The zero-order valence-corrected chi connectivity index (χ0v) is 26.1. The van der Waals surface area contributed by atoms with Gasteiger partial charge in [0.05, 0.1) is 24.5 Å². The number of unbranched alkanes of at least 4 members (excludes halogenated alkanes) is 1. The van der Waals surface area contributed by atoms with E-state index < -0.39 is 60.1 Å². The number of nitrogens with two attached hydrogens (primary N) is 1. The molecule has 8 N–H and O–H groups in total. The molecule has 0 bridgehead atoms. The van der Waals surface area contributed by atoms with Crippen LogP contribution in [0.1, 0.15) is 64.4 Å². The molecule has 0 radical (unpaired) electrons. The van der Waals surface area contributed by atoms with Crippen LogP contribution in [0, 0.1) is 5.92 Å². The molecule has 2 saturated heterocycles. The number of para-hydroxylation sites is 1. The van der Waals surface area contributed by atoms with Crippen LogP contribution in [-0.4, -0.2) is 94.2 Å². The number of hydrogen-bond acceptors (Lipinski definition) is 9. The Morgan fingerprint density at radius 1 is 1.04 bits per heavy atom. The first kappa shape index (κ1) is 34.2. The molecule has 0 aliphatic carbocycles. The molecule has 5 atom stereocenters. The molecule has 45 heavy (non-hydrogen) atoms. The molecule has 246 valence electrons. The van der Waals surface area contributed by atoms with E-state index in [0.29, 0.717) is 51.6 Å². The molecule has 1 aromatic carbocycles. The van der Waals surface area contributed by atoms with Crippen molar-refractivity contribution in [3.63, 3.8) is 0 Å². The first-order chi connectivity index (χ1) is 21.6. The number of carbonyl (C=O) groups excluding carboxylic acids is 4. The number of hydrogen-bond donors (Lipinski definition) is 7. The number of rotatable bonds is 10. The molecule has 4 rings (SSSR count). The van der Waals surface area contributed by atoms with Gasteiger partial charge in [0.25, 0.3) is 0 Å². The molecule has 3 heterocycles. The van der Waals surface area contributed by atoms with Gasteiger partial charge in [0.1, 0.15) is 6.04 Å². The lowest BCUT2D eigenvalue weighted by molar-refractivity contribution is -0.144. The second kappa shape index (κ2) is 16.1. The lowest BCUT2D eigenvalue weighted by atomic mass is 9.96. The van der Waals surface area contributed by atoms with Gasteiger partial charge in [0.15, 0.2) is 0 Å². The molecule has 0 unspecified atom stereocenters. The number of aromatic nitrogens is 1. The van der Waals surface area contributed by atoms with E-state index in [1.807, 2.05) is 44.3 Å². The number of aliphatic carboxylic acids is 1. The Hall–Kier alpha value is -3.65. The van der Waals surface area contributed by atoms with Crippen LogP contribution in [0.4, 0.5) is 0 Å². The van der Waals surface area contributed by atoms with E-state index in [1.165, 1.54) is 0 Å². The van der Waals surface area contributed by atoms with Crippen molar-refractivity contribution in [1.29, 1.82) is 0 Å². The van der Waals surface area contributed by atoms with Gasteiger partial charge >= 0.3 is 5.97 Å². The van der Waals surface area contributed by atoms with Crippen LogP contribution in [0.5, 0.6) is 0 Å². The number of Topliss-reactive ketones (excluding diaryl/α,β-unsaturated/α-hetero) is 2. The highest BCUT2D eigenvalue weighted by Crippen LogP contribution is 2.22. The third-order valence-corrected chi connectivity index (χ3v) is 8.58. The van der Waals surface area contributed by atoms with Crippen LogP contribution >= 0.6 is 0 Å². The standard InChI is InChI=1S/C32H47N7O6/c1-19(2)14-26-32(45)39-13-7-11-27(39)31(44)36-24(10-5-6-12-33)29(42)30(43)25(16-28(40)41)38-37-21(18-35-26)15-20-17-34-23-9-4-3-8-22(20)23/h3-4,8-9,17,19,21,24-27,34-35,37-38H,5-7,10-16,18,33H2,1-2H3,(H,36,44)(H,40,41)/t21-,24-,25-,26-,27-/m0/s1. The van der Waals surface area contributed by atoms with Crippen molar-refractivity contribution in [2.75, 3.05) is 19.6 Å². The van der Waals surface area contributed by atoms with Crippen LogP contribution in [0.3, 0.4) is 0 Å². The number of hydrazine groups is 1. The van der Waals surface area contributed by atoms with Crippen molar-refractivity contribution in [3.05, 3.63) is 36.0 Å². The van der Waals surface area contributed by atoms with Gasteiger partial charge in [0.2, 0.25) is 23.4 Å². The zero-order valence-electron chi connectivity index (χ0n) is 26.1. The van der Waals surface area contributed by atoms with E-state index in [2.05, 4.69) is 26.5 Å². The predicted octanol–water partition coefficient (Wildman–Crippen LogP) is 0.777. The van der Waals surface area contributed by atoms with Crippen LogP contribution in [0.15, 0.2) is 30.5 Å². The Balaban J connectivity index is 1.69. The molecule has 13 heteroatoms. The number of ketones is 2. The minimum absolute atomic E-state index is 0.169. The first-order valence-electron chi connectivity index (χ1n) is 16.0. The van der Waals surface area contributed by atoms with Gasteiger partial charge in [-0.3, -0.25) is 29.4 Å². The van der Waals surface area contributed by atoms with E-state index in [1.54, 1.807) is 4.90 Å². The summed E-state index contributed by atoms with van der Waals surface area (Å²) in [5, 5.41) is 16.8. The quantitative estimate of drug-likeness (QED) is 0.146. The summed E-state index contributed by atoms with van der Waals surface area (Å²) < 4.78 is 0. The second-order valence-corrected chi connectivity index (χ2v) is 12.6. The smallest absolute Gasteiger partial charge is 0.305 e. The minimum Gasteiger partial charge on any atom is -0.481 e. The first-order valence-corrected chi connectivity index (χ1v) is 16.0. The summed E-state index contributed by atoms with van der Waals surface area (Å²) in [7, 11) is 0. The SMILES string of the molecule is CC(C)C[C@@H]1NC[C@H](Cc2c[nH]c3ccccc23)NN[C@@H](CC(=O)O)C(=O)C(=O)[C@H](CCCCN)NC(=O)[C@@H]2CCCN2C1=O. The number of amides is 2. The molecule has 2 fully saturated rings. The van der Waals surface area contributed by atoms with Gasteiger partial charge in [0, 0.05) is 36.2 Å². The van der Waals surface area contributed by atoms with E-state index in [9.17, 15) is 29.1 Å². The number of nitrogens with one attached hydrogen (secondary N) is 5. The number of nitrogens with zero attached hydrogens (tertiary/aromatic N) is 1. The molecule has 2 aromatic rings. The average molecular weight is 626 g/mol. The van der Waals surface area contributed by atoms with Gasteiger partial charge in [-0.25, -0.2) is 5.43 Å². The van der Waals surface area contributed by atoms with Gasteiger partial charge in [-0.15, -0.1) is 0 Å². The predicted molar refractivity (Wildman–Crippen MR) is 169 cm³/mol. The number of carboxylic acid groups (broad SMARTS) is 1. The summed E-state index contributed by atoms with van der Waals surface area (Å²) in [4.78, 5) is 71.3. The monoisotopic (exact) mass is 625 g/mol. The molecule has 2 amide bonds. The van der Waals surface area contributed by atoms with Crippen LogP contribution in [0.2, 0.25) is 0 Å². The Kier molecular flexibility index (Phi) is 12.2.